The summed E-state index contributed by atoms with van der Waals surface area (Å²) in [6.07, 6.45) is 1.01. The van der Waals surface area contributed by atoms with Crippen LogP contribution in [0.1, 0.15) is 25.3 Å². The van der Waals surface area contributed by atoms with Gasteiger partial charge in [-0.3, -0.25) is 9.79 Å². The lowest BCUT2D eigenvalue weighted by atomic mass is 9.90. The van der Waals surface area contributed by atoms with Gasteiger partial charge in [-0.1, -0.05) is 6.07 Å². The number of thioether (sulfide) groups is 1. The Balaban J connectivity index is 2.35. The zero-order chi connectivity index (χ0) is 14.0. The number of aliphatic imine (C=N–C) groups is 1. The van der Waals surface area contributed by atoms with Crippen molar-refractivity contribution in [2.24, 2.45) is 10.7 Å². The minimum absolute atomic E-state index is 0.169. The molecular formula is C13H14BrFN2OS. The van der Waals surface area contributed by atoms with Gasteiger partial charge in [-0.25, -0.2) is 4.39 Å². The van der Waals surface area contributed by atoms with Gasteiger partial charge in [-0.2, -0.15) is 0 Å². The van der Waals surface area contributed by atoms with E-state index in [2.05, 4.69) is 20.9 Å². The highest BCUT2D eigenvalue weighted by molar-refractivity contribution is 9.10. The summed E-state index contributed by atoms with van der Waals surface area (Å²) < 4.78 is 13.7. The zero-order valence-electron chi connectivity index (χ0n) is 10.5. The van der Waals surface area contributed by atoms with Crippen molar-refractivity contribution in [1.29, 1.82) is 0 Å². The largest absolute Gasteiger partial charge is 0.369 e. The number of amides is 1. The fraction of sp³-hybridized carbons (Fsp3) is 0.385. The second kappa shape index (κ2) is 5.63. The normalized spacial score (nSPS) is 23.0. The molecule has 2 rings (SSSR count). The highest BCUT2D eigenvalue weighted by Crippen LogP contribution is 2.37. The Morgan fingerprint density at radius 3 is 3.00 bits per heavy atom. The third-order valence-electron chi connectivity index (χ3n) is 3.10. The van der Waals surface area contributed by atoms with Crippen LogP contribution >= 0.6 is 27.7 Å². The topological polar surface area (TPSA) is 55.5 Å². The van der Waals surface area contributed by atoms with Crippen molar-refractivity contribution >= 4 is 38.6 Å². The van der Waals surface area contributed by atoms with E-state index in [4.69, 9.17) is 5.73 Å². The van der Waals surface area contributed by atoms with Crippen LogP contribution in [0.15, 0.2) is 27.7 Å². The SMILES string of the molecule is C[C@@]1(c2ccc(F)c(Br)c2)CCSC(CC(N)=O)=N1. The molecule has 0 aliphatic carbocycles. The van der Waals surface area contributed by atoms with E-state index < -0.39 is 5.54 Å². The minimum Gasteiger partial charge on any atom is -0.369 e. The summed E-state index contributed by atoms with van der Waals surface area (Å²) in [5, 5.41) is 0.752. The van der Waals surface area contributed by atoms with E-state index in [-0.39, 0.29) is 18.1 Å². The van der Waals surface area contributed by atoms with Crippen molar-refractivity contribution in [3.63, 3.8) is 0 Å². The lowest BCUT2D eigenvalue weighted by molar-refractivity contribution is -0.116. The summed E-state index contributed by atoms with van der Waals surface area (Å²) >= 11 is 4.75. The zero-order valence-corrected chi connectivity index (χ0v) is 12.9. The molecule has 1 aliphatic rings. The molecule has 0 aromatic heterocycles. The quantitative estimate of drug-likeness (QED) is 0.915. The number of halogens is 2. The average Bonchev–Trinajstić information content (AvgIpc) is 2.31. The van der Waals surface area contributed by atoms with Crippen LogP contribution in [0.4, 0.5) is 4.39 Å². The van der Waals surface area contributed by atoms with Crippen LogP contribution in [0.3, 0.4) is 0 Å². The molecule has 0 spiro atoms. The van der Waals surface area contributed by atoms with E-state index in [1.54, 1.807) is 23.9 Å². The third-order valence-corrected chi connectivity index (χ3v) is 4.68. The molecule has 1 amide bonds. The molecule has 19 heavy (non-hydrogen) atoms. The number of nitrogens with two attached hydrogens (primary N) is 1. The van der Waals surface area contributed by atoms with Crippen molar-refractivity contribution < 1.29 is 9.18 Å². The first kappa shape index (κ1) is 14.5. The monoisotopic (exact) mass is 344 g/mol. The van der Waals surface area contributed by atoms with Crippen molar-refractivity contribution in [2.45, 2.75) is 25.3 Å². The van der Waals surface area contributed by atoms with Crippen molar-refractivity contribution in [3.8, 4) is 0 Å². The molecule has 1 heterocycles. The number of hydrogen-bond acceptors (Lipinski definition) is 3. The summed E-state index contributed by atoms with van der Waals surface area (Å²) in [7, 11) is 0. The van der Waals surface area contributed by atoms with Gasteiger partial charge in [0.05, 0.1) is 21.5 Å². The average molecular weight is 345 g/mol. The summed E-state index contributed by atoms with van der Waals surface area (Å²) in [5.74, 6) is 0.201. The maximum Gasteiger partial charge on any atom is 0.223 e. The molecule has 1 aromatic carbocycles. The van der Waals surface area contributed by atoms with E-state index in [0.29, 0.717) is 4.47 Å². The minimum atomic E-state index is -0.424. The molecule has 0 fully saturated rings. The second-order valence-corrected chi connectivity index (χ2v) is 6.67. The van der Waals surface area contributed by atoms with Crippen LogP contribution < -0.4 is 5.73 Å². The van der Waals surface area contributed by atoms with Gasteiger partial charge in [0.15, 0.2) is 0 Å². The summed E-state index contributed by atoms with van der Waals surface area (Å²) in [4.78, 5) is 15.6. The lowest BCUT2D eigenvalue weighted by Crippen LogP contribution is -2.27. The Hall–Kier alpha value is -0.880. The van der Waals surface area contributed by atoms with E-state index in [1.807, 2.05) is 6.92 Å². The highest BCUT2D eigenvalue weighted by atomic mass is 79.9. The third kappa shape index (κ3) is 3.36. The number of carbonyl (C=O) groups is 1. The summed E-state index contributed by atoms with van der Waals surface area (Å²) in [5.41, 5.74) is 5.71. The Kier molecular flexibility index (Phi) is 4.30. The highest BCUT2D eigenvalue weighted by Gasteiger charge is 2.30. The number of primary amides is 1. The van der Waals surface area contributed by atoms with Gasteiger partial charge in [0.25, 0.3) is 0 Å². The lowest BCUT2D eigenvalue weighted by Gasteiger charge is -2.31. The molecule has 0 radical (unpaired) electrons. The maximum absolute atomic E-state index is 13.3. The standard InChI is InChI=1S/C13H14BrFN2OS/c1-13(8-2-3-10(15)9(14)6-8)4-5-19-12(17-13)7-11(16)18/h2-3,6H,4-5,7H2,1H3,(H2,16,18)/t13-/m0/s1. The van der Waals surface area contributed by atoms with Crippen LogP contribution in [0, 0.1) is 5.82 Å². The van der Waals surface area contributed by atoms with Crippen molar-refractivity contribution in [3.05, 3.63) is 34.1 Å². The molecule has 102 valence electrons. The van der Waals surface area contributed by atoms with Gasteiger partial charge in [-0.15, -0.1) is 11.8 Å². The molecule has 3 nitrogen and oxygen atoms in total. The van der Waals surface area contributed by atoms with Gasteiger partial charge in [-0.05, 0) is 47.0 Å². The van der Waals surface area contributed by atoms with Crippen LogP contribution in [0.5, 0.6) is 0 Å². The maximum atomic E-state index is 13.3. The predicted molar refractivity (Wildman–Crippen MR) is 79.8 cm³/mol. The number of carbonyl (C=O) groups excluding carboxylic acids is 1. The first-order valence-corrected chi connectivity index (χ1v) is 7.64. The number of rotatable bonds is 3. The van der Waals surface area contributed by atoms with E-state index in [9.17, 15) is 9.18 Å². The number of nitrogens with zero attached hydrogens (tertiary/aromatic N) is 1. The van der Waals surface area contributed by atoms with Crippen molar-refractivity contribution in [1.82, 2.24) is 0 Å². The smallest absolute Gasteiger partial charge is 0.223 e. The van der Waals surface area contributed by atoms with E-state index in [0.717, 1.165) is 22.8 Å². The first-order valence-electron chi connectivity index (χ1n) is 5.86. The number of hydrogen-bond donors (Lipinski definition) is 1. The molecular weight excluding hydrogens is 331 g/mol. The van der Waals surface area contributed by atoms with Crippen LogP contribution in [0.2, 0.25) is 0 Å². The van der Waals surface area contributed by atoms with Crippen LogP contribution in [0.25, 0.3) is 0 Å². The Morgan fingerprint density at radius 1 is 1.63 bits per heavy atom. The van der Waals surface area contributed by atoms with E-state index in [1.165, 1.54) is 6.07 Å². The fourth-order valence-corrected chi connectivity index (χ4v) is 3.63. The van der Waals surface area contributed by atoms with Crippen molar-refractivity contribution in [2.75, 3.05) is 5.75 Å². The fourth-order valence-electron chi connectivity index (χ4n) is 2.01. The summed E-state index contributed by atoms with van der Waals surface area (Å²) in [6.45, 7) is 1.99. The molecule has 0 saturated heterocycles. The van der Waals surface area contributed by atoms with Crippen LogP contribution in [-0.4, -0.2) is 16.7 Å². The molecule has 2 N–H and O–H groups in total. The van der Waals surface area contributed by atoms with Gasteiger partial charge < -0.3 is 5.73 Å². The van der Waals surface area contributed by atoms with E-state index >= 15 is 0 Å². The first-order chi connectivity index (χ1) is 8.90. The molecule has 1 aromatic rings. The second-order valence-electron chi connectivity index (χ2n) is 4.65. The van der Waals surface area contributed by atoms with Gasteiger partial charge >= 0.3 is 0 Å². The van der Waals surface area contributed by atoms with Gasteiger partial charge in [0, 0.05) is 5.75 Å². The van der Waals surface area contributed by atoms with Crippen LogP contribution in [-0.2, 0) is 10.3 Å². The van der Waals surface area contributed by atoms with Gasteiger partial charge in [0.2, 0.25) is 5.91 Å². The predicted octanol–water partition coefficient (Wildman–Crippen LogP) is 3.21. The van der Waals surface area contributed by atoms with Gasteiger partial charge in [0.1, 0.15) is 5.82 Å². The Bertz CT molecular complexity index is 549. The Morgan fingerprint density at radius 2 is 2.37 bits per heavy atom. The molecule has 0 bridgehead atoms. The Labute approximate surface area is 124 Å². The molecule has 0 saturated carbocycles. The molecule has 0 unspecified atom stereocenters. The molecule has 1 aliphatic heterocycles. The summed E-state index contributed by atoms with van der Waals surface area (Å²) in [6, 6.07) is 4.91. The molecule has 1 atom stereocenters. The molecule has 6 heteroatoms. The number of benzene rings is 1.